The molecule has 4 heterocycles. The second-order valence-corrected chi connectivity index (χ2v) is 13.5. The molecule has 0 atom stereocenters. The van der Waals surface area contributed by atoms with Gasteiger partial charge in [-0.3, -0.25) is 4.90 Å². The lowest BCUT2D eigenvalue weighted by Crippen LogP contribution is -2.18. The van der Waals surface area contributed by atoms with Crippen molar-refractivity contribution in [3.8, 4) is 33.9 Å². The van der Waals surface area contributed by atoms with Gasteiger partial charge in [0.1, 0.15) is 11.2 Å². The van der Waals surface area contributed by atoms with Crippen LogP contribution >= 0.6 is 11.3 Å². The van der Waals surface area contributed by atoms with Gasteiger partial charge in [-0.15, -0.1) is 11.3 Å². The standard InChI is InChI=1S/C43H24N4OS/c1-4-18-34-27(12-1)31-15-7-10-25-11-8-19-35(39(25)31)47(34)43-45-41(26-22-23-29-28-13-2-5-20-36(28)48-37(29)24-26)44-42(46-43)33-17-9-16-32-30-14-3-6-21-38(30)49-40(32)33/h1-24H. The number of furan rings is 1. The smallest absolute Gasteiger partial charge is 0.238 e. The molecule has 6 heteroatoms. The average molecular weight is 645 g/mol. The summed E-state index contributed by atoms with van der Waals surface area (Å²) in [6, 6.07) is 50.8. The van der Waals surface area contributed by atoms with Crippen LogP contribution in [0.3, 0.4) is 0 Å². The van der Waals surface area contributed by atoms with Crippen molar-refractivity contribution in [2.75, 3.05) is 4.90 Å². The number of thiophene rings is 1. The number of nitrogens with zero attached hydrogens (tertiary/aromatic N) is 4. The lowest BCUT2D eigenvalue weighted by Gasteiger charge is -2.32. The molecule has 49 heavy (non-hydrogen) atoms. The van der Waals surface area contributed by atoms with Crippen LogP contribution in [0.1, 0.15) is 0 Å². The summed E-state index contributed by atoms with van der Waals surface area (Å²) in [6.07, 6.45) is 0. The van der Waals surface area contributed by atoms with E-state index in [9.17, 15) is 0 Å². The first-order valence-electron chi connectivity index (χ1n) is 16.3. The quantitative estimate of drug-likeness (QED) is 0.192. The molecular formula is C43H24N4OS. The predicted molar refractivity (Wildman–Crippen MR) is 202 cm³/mol. The van der Waals surface area contributed by atoms with Crippen LogP contribution in [0.4, 0.5) is 17.3 Å². The molecule has 3 aromatic heterocycles. The monoisotopic (exact) mass is 644 g/mol. The van der Waals surface area contributed by atoms with Crippen molar-refractivity contribution in [2.24, 2.45) is 0 Å². The normalized spacial score (nSPS) is 12.4. The zero-order valence-electron chi connectivity index (χ0n) is 26.0. The number of aromatic nitrogens is 3. The van der Waals surface area contributed by atoms with E-state index >= 15 is 0 Å². The van der Waals surface area contributed by atoms with E-state index in [1.54, 1.807) is 11.3 Å². The molecule has 228 valence electrons. The Kier molecular flexibility index (Phi) is 5.48. The first kappa shape index (κ1) is 26.7. The van der Waals surface area contributed by atoms with Crippen molar-refractivity contribution >= 4 is 81.5 Å². The van der Waals surface area contributed by atoms with Gasteiger partial charge in [0.2, 0.25) is 5.95 Å². The van der Waals surface area contributed by atoms with E-state index in [0.29, 0.717) is 17.6 Å². The number of hydrogen-bond donors (Lipinski definition) is 0. The Labute approximate surface area is 284 Å². The number of para-hydroxylation sites is 2. The summed E-state index contributed by atoms with van der Waals surface area (Å²) in [7, 11) is 0. The highest BCUT2D eigenvalue weighted by Crippen LogP contribution is 2.50. The zero-order chi connectivity index (χ0) is 32.1. The van der Waals surface area contributed by atoms with E-state index in [-0.39, 0.29) is 0 Å². The summed E-state index contributed by atoms with van der Waals surface area (Å²) in [4.78, 5) is 18.0. The third-order valence-electron chi connectivity index (χ3n) is 9.66. The number of anilines is 3. The van der Waals surface area contributed by atoms with Crippen molar-refractivity contribution in [1.82, 2.24) is 15.0 Å². The minimum Gasteiger partial charge on any atom is -0.456 e. The van der Waals surface area contributed by atoms with E-state index in [1.807, 2.05) is 18.2 Å². The Bertz CT molecular complexity index is 2970. The molecule has 0 aliphatic carbocycles. The second kappa shape index (κ2) is 10.1. The third kappa shape index (κ3) is 3.89. The summed E-state index contributed by atoms with van der Waals surface area (Å²) in [5.74, 6) is 1.78. The molecule has 1 aliphatic rings. The van der Waals surface area contributed by atoms with Crippen molar-refractivity contribution < 1.29 is 4.42 Å². The number of fused-ring (bicyclic) bond motifs is 8. The number of hydrogen-bond acceptors (Lipinski definition) is 6. The lowest BCUT2D eigenvalue weighted by molar-refractivity contribution is 0.669. The SMILES string of the molecule is c1ccc2c(c1)-c1cccc3cccc(c13)N2c1nc(-c2ccc3c(c2)oc2ccccc23)nc(-c2cccc3c2sc2ccccc23)n1. The van der Waals surface area contributed by atoms with Crippen molar-refractivity contribution in [3.63, 3.8) is 0 Å². The average Bonchev–Trinajstić information content (AvgIpc) is 3.73. The van der Waals surface area contributed by atoms with Gasteiger partial charge in [0.15, 0.2) is 11.6 Å². The molecule has 11 rings (SSSR count). The van der Waals surface area contributed by atoms with Crippen LogP contribution in [-0.4, -0.2) is 15.0 Å². The summed E-state index contributed by atoms with van der Waals surface area (Å²) in [5.41, 5.74) is 7.94. The molecule has 0 bridgehead atoms. The lowest BCUT2D eigenvalue weighted by atomic mass is 9.91. The molecule has 0 amide bonds. The molecule has 0 unspecified atom stereocenters. The van der Waals surface area contributed by atoms with Gasteiger partial charge in [0, 0.05) is 53.0 Å². The van der Waals surface area contributed by atoms with E-state index in [4.69, 9.17) is 19.4 Å². The van der Waals surface area contributed by atoms with Gasteiger partial charge in [-0.1, -0.05) is 103 Å². The molecule has 7 aromatic carbocycles. The highest BCUT2D eigenvalue weighted by Gasteiger charge is 2.29. The minimum atomic E-state index is 0.567. The van der Waals surface area contributed by atoms with Crippen molar-refractivity contribution in [2.45, 2.75) is 0 Å². The Balaban J connectivity index is 1.21. The second-order valence-electron chi connectivity index (χ2n) is 12.4. The first-order valence-corrected chi connectivity index (χ1v) is 17.1. The number of benzene rings is 7. The first-order chi connectivity index (χ1) is 24.3. The van der Waals surface area contributed by atoms with E-state index in [1.165, 1.54) is 31.8 Å². The highest BCUT2D eigenvalue weighted by molar-refractivity contribution is 7.26. The van der Waals surface area contributed by atoms with Crippen LogP contribution in [0, 0.1) is 0 Å². The zero-order valence-corrected chi connectivity index (χ0v) is 26.8. The molecule has 10 aromatic rings. The molecule has 0 saturated heterocycles. The van der Waals surface area contributed by atoms with Crippen LogP contribution in [-0.2, 0) is 0 Å². The Hall–Kier alpha value is -6.37. The molecule has 0 N–H and O–H groups in total. The van der Waals surface area contributed by atoms with Gasteiger partial charge >= 0.3 is 0 Å². The van der Waals surface area contributed by atoms with Gasteiger partial charge in [-0.2, -0.15) is 9.97 Å². The molecule has 0 spiro atoms. The Morgan fingerprint density at radius 3 is 2.14 bits per heavy atom. The maximum Gasteiger partial charge on any atom is 0.238 e. The summed E-state index contributed by atoms with van der Waals surface area (Å²) >= 11 is 1.78. The molecule has 5 nitrogen and oxygen atoms in total. The molecule has 0 fully saturated rings. The largest absolute Gasteiger partial charge is 0.456 e. The van der Waals surface area contributed by atoms with E-state index < -0.39 is 0 Å². The van der Waals surface area contributed by atoms with Gasteiger partial charge in [-0.25, -0.2) is 4.98 Å². The number of rotatable bonds is 3. The van der Waals surface area contributed by atoms with E-state index in [2.05, 4.69) is 132 Å². The fourth-order valence-electron chi connectivity index (χ4n) is 7.48. The summed E-state index contributed by atoms with van der Waals surface area (Å²) in [5, 5.41) is 6.96. The van der Waals surface area contributed by atoms with Crippen LogP contribution in [0.15, 0.2) is 150 Å². The van der Waals surface area contributed by atoms with Gasteiger partial charge in [0.25, 0.3) is 0 Å². The highest BCUT2D eigenvalue weighted by atomic mass is 32.1. The van der Waals surface area contributed by atoms with Crippen LogP contribution in [0.5, 0.6) is 0 Å². The van der Waals surface area contributed by atoms with E-state index in [0.717, 1.165) is 54.7 Å². The van der Waals surface area contributed by atoms with Crippen LogP contribution in [0.25, 0.3) is 86.8 Å². The van der Waals surface area contributed by atoms with Gasteiger partial charge in [-0.05, 0) is 53.4 Å². The molecular weight excluding hydrogens is 621 g/mol. The fraction of sp³-hybridized carbons (Fsp3) is 0. The van der Waals surface area contributed by atoms with Crippen LogP contribution < -0.4 is 4.90 Å². The van der Waals surface area contributed by atoms with Gasteiger partial charge in [0.05, 0.1) is 11.4 Å². The Morgan fingerprint density at radius 2 is 1.18 bits per heavy atom. The Morgan fingerprint density at radius 1 is 0.490 bits per heavy atom. The predicted octanol–water partition coefficient (Wildman–Crippen LogP) is 12.1. The molecule has 0 radical (unpaired) electrons. The fourth-order valence-corrected chi connectivity index (χ4v) is 8.69. The summed E-state index contributed by atoms with van der Waals surface area (Å²) < 4.78 is 8.71. The molecule has 1 aliphatic heterocycles. The topological polar surface area (TPSA) is 55.1 Å². The minimum absolute atomic E-state index is 0.567. The molecule has 0 saturated carbocycles. The maximum atomic E-state index is 6.31. The maximum absolute atomic E-state index is 6.31. The third-order valence-corrected chi connectivity index (χ3v) is 10.9. The van der Waals surface area contributed by atoms with Crippen molar-refractivity contribution in [1.29, 1.82) is 0 Å². The van der Waals surface area contributed by atoms with Gasteiger partial charge < -0.3 is 4.42 Å². The van der Waals surface area contributed by atoms with Crippen LogP contribution in [0.2, 0.25) is 0 Å². The van der Waals surface area contributed by atoms with Crippen molar-refractivity contribution in [3.05, 3.63) is 146 Å². The summed E-state index contributed by atoms with van der Waals surface area (Å²) in [6.45, 7) is 0.